The lowest BCUT2D eigenvalue weighted by atomic mass is 10.2. The third-order valence-electron chi connectivity index (χ3n) is 1.29. The van der Waals surface area contributed by atoms with Crippen molar-refractivity contribution in [1.82, 2.24) is 0 Å². The minimum atomic E-state index is -0.203. The van der Waals surface area contributed by atoms with E-state index in [1.54, 1.807) is 0 Å². The van der Waals surface area contributed by atoms with Crippen molar-refractivity contribution in [3.63, 3.8) is 0 Å². The zero-order valence-corrected chi connectivity index (χ0v) is 8.41. The van der Waals surface area contributed by atoms with E-state index in [2.05, 4.69) is 0 Å². The number of carbonyl (C=O) groups excluding carboxylic acids is 1. The van der Waals surface area contributed by atoms with Gasteiger partial charge in [-0.1, -0.05) is 13.8 Å². The summed E-state index contributed by atoms with van der Waals surface area (Å²) in [5.41, 5.74) is 5.20. The summed E-state index contributed by atoms with van der Waals surface area (Å²) in [6.07, 6.45) is 0.312. The van der Waals surface area contributed by atoms with Crippen LogP contribution in [-0.4, -0.2) is 32.3 Å². The highest BCUT2D eigenvalue weighted by Crippen LogP contribution is 1.95. The van der Waals surface area contributed by atoms with Crippen LogP contribution in [0.5, 0.6) is 0 Å². The van der Waals surface area contributed by atoms with Gasteiger partial charge in [0.15, 0.2) is 0 Å². The summed E-state index contributed by atoms with van der Waals surface area (Å²) in [6, 6.07) is 0. The Morgan fingerprint density at radius 1 is 1.38 bits per heavy atom. The molecule has 0 aromatic rings. The van der Waals surface area contributed by atoms with Gasteiger partial charge in [0.1, 0.15) is 0 Å². The smallest absolute Gasteiger partial charge is 0.308 e. The fraction of sp³-hybridized carbons (Fsp3) is 0.889. The summed E-state index contributed by atoms with van der Waals surface area (Å²) in [5.74, 6) is 0.180. The lowest BCUT2D eigenvalue weighted by molar-refractivity contribution is -0.145. The molecule has 0 aromatic carbocycles. The second-order valence-corrected chi connectivity index (χ2v) is 3.23. The standard InChI is InChI=1S/C9H19NO3/c1-8(2)7-13-9(11)3-5-12-6-4-10/h8H,3-7,10H2,1-2H3. The SMILES string of the molecule is CC(C)COC(=O)CCOCCN. The molecule has 0 heterocycles. The molecule has 4 heteroatoms. The van der Waals surface area contributed by atoms with Crippen LogP contribution < -0.4 is 5.73 Å². The molecule has 0 saturated heterocycles. The number of carbonyl (C=O) groups is 1. The van der Waals surface area contributed by atoms with Crippen LogP contribution in [0.25, 0.3) is 0 Å². The number of esters is 1. The van der Waals surface area contributed by atoms with E-state index in [1.165, 1.54) is 0 Å². The topological polar surface area (TPSA) is 61.5 Å². The first-order chi connectivity index (χ1) is 6.16. The highest BCUT2D eigenvalue weighted by molar-refractivity contribution is 5.69. The van der Waals surface area contributed by atoms with Crippen LogP contribution in [0.3, 0.4) is 0 Å². The van der Waals surface area contributed by atoms with Crippen molar-refractivity contribution >= 4 is 5.97 Å². The molecule has 0 amide bonds. The van der Waals surface area contributed by atoms with Gasteiger partial charge in [0.05, 0.1) is 26.2 Å². The molecule has 0 bridgehead atoms. The number of hydrogen-bond donors (Lipinski definition) is 1. The third kappa shape index (κ3) is 9.30. The van der Waals surface area contributed by atoms with Gasteiger partial charge in [0, 0.05) is 6.54 Å². The molecule has 78 valence electrons. The first-order valence-corrected chi connectivity index (χ1v) is 4.60. The molecule has 0 atom stereocenters. The molecule has 13 heavy (non-hydrogen) atoms. The number of hydrogen-bond acceptors (Lipinski definition) is 4. The van der Waals surface area contributed by atoms with Crippen molar-refractivity contribution in [1.29, 1.82) is 0 Å². The summed E-state index contributed by atoms with van der Waals surface area (Å²) in [7, 11) is 0. The van der Waals surface area contributed by atoms with E-state index in [-0.39, 0.29) is 5.97 Å². The predicted octanol–water partition coefficient (Wildman–Crippen LogP) is 0.551. The zero-order valence-electron chi connectivity index (χ0n) is 8.41. The largest absolute Gasteiger partial charge is 0.465 e. The predicted molar refractivity (Wildman–Crippen MR) is 50.3 cm³/mol. The maximum Gasteiger partial charge on any atom is 0.308 e. The van der Waals surface area contributed by atoms with Gasteiger partial charge in [-0.15, -0.1) is 0 Å². The Hall–Kier alpha value is -0.610. The molecular weight excluding hydrogens is 170 g/mol. The maximum absolute atomic E-state index is 11.0. The van der Waals surface area contributed by atoms with Crippen LogP contribution >= 0.6 is 0 Å². The average Bonchev–Trinajstić information content (AvgIpc) is 2.09. The van der Waals surface area contributed by atoms with Crippen molar-refractivity contribution in [3.8, 4) is 0 Å². The molecular formula is C9H19NO3. The van der Waals surface area contributed by atoms with E-state index in [0.717, 1.165) is 0 Å². The van der Waals surface area contributed by atoms with Crippen LogP contribution in [-0.2, 0) is 14.3 Å². The molecule has 0 fully saturated rings. The van der Waals surface area contributed by atoms with E-state index in [0.29, 0.717) is 38.7 Å². The first kappa shape index (κ1) is 12.4. The van der Waals surface area contributed by atoms with Gasteiger partial charge in [-0.05, 0) is 5.92 Å². The summed E-state index contributed by atoms with van der Waals surface area (Å²) in [6.45, 7) is 5.86. The van der Waals surface area contributed by atoms with E-state index in [1.807, 2.05) is 13.8 Å². The van der Waals surface area contributed by atoms with Gasteiger partial charge in [0.25, 0.3) is 0 Å². The van der Waals surface area contributed by atoms with Crippen LogP contribution in [0.4, 0.5) is 0 Å². The molecule has 0 spiro atoms. The van der Waals surface area contributed by atoms with Gasteiger partial charge in [0.2, 0.25) is 0 Å². The second-order valence-electron chi connectivity index (χ2n) is 3.23. The second kappa shape index (κ2) is 8.01. The molecule has 0 aliphatic heterocycles. The zero-order chi connectivity index (χ0) is 10.1. The number of rotatable bonds is 7. The Morgan fingerprint density at radius 3 is 2.62 bits per heavy atom. The van der Waals surface area contributed by atoms with E-state index >= 15 is 0 Å². The van der Waals surface area contributed by atoms with Gasteiger partial charge in [-0.3, -0.25) is 4.79 Å². The minimum absolute atomic E-state index is 0.203. The Kier molecular flexibility index (Phi) is 7.63. The van der Waals surface area contributed by atoms with Crippen LogP contribution in [0, 0.1) is 5.92 Å². The van der Waals surface area contributed by atoms with Crippen molar-refractivity contribution < 1.29 is 14.3 Å². The Balaban J connectivity index is 3.20. The molecule has 0 aliphatic carbocycles. The quantitative estimate of drug-likeness (QED) is 0.469. The molecule has 0 aromatic heterocycles. The molecule has 0 aliphatic rings. The lowest BCUT2D eigenvalue weighted by Gasteiger charge is -2.06. The van der Waals surface area contributed by atoms with Crippen molar-refractivity contribution in [2.75, 3.05) is 26.4 Å². The molecule has 4 nitrogen and oxygen atoms in total. The molecule has 0 radical (unpaired) electrons. The van der Waals surface area contributed by atoms with Crippen molar-refractivity contribution in [2.45, 2.75) is 20.3 Å². The normalized spacial score (nSPS) is 10.5. The summed E-state index contributed by atoms with van der Waals surface area (Å²) < 4.78 is 9.97. The summed E-state index contributed by atoms with van der Waals surface area (Å²) in [5, 5.41) is 0. The minimum Gasteiger partial charge on any atom is -0.465 e. The highest BCUT2D eigenvalue weighted by atomic mass is 16.5. The average molecular weight is 189 g/mol. The lowest BCUT2D eigenvalue weighted by Crippen LogP contribution is -2.14. The Bertz CT molecular complexity index is 137. The van der Waals surface area contributed by atoms with Crippen molar-refractivity contribution in [3.05, 3.63) is 0 Å². The van der Waals surface area contributed by atoms with E-state index in [9.17, 15) is 4.79 Å². The number of ether oxygens (including phenoxy) is 2. The number of nitrogens with two attached hydrogens (primary N) is 1. The summed E-state index contributed by atoms with van der Waals surface area (Å²) >= 11 is 0. The maximum atomic E-state index is 11.0. The molecule has 0 unspecified atom stereocenters. The van der Waals surface area contributed by atoms with Gasteiger partial charge in [-0.25, -0.2) is 0 Å². The Morgan fingerprint density at radius 2 is 2.08 bits per heavy atom. The van der Waals surface area contributed by atoms with Gasteiger partial charge >= 0.3 is 5.97 Å². The van der Waals surface area contributed by atoms with E-state index in [4.69, 9.17) is 15.2 Å². The molecule has 0 saturated carbocycles. The first-order valence-electron chi connectivity index (χ1n) is 4.60. The fourth-order valence-electron chi connectivity index (χ4n) is 0.673. The van der Waals surface area contributed by atoms with Crippen LogP contribution in [0.15, 0.2) is 0 Å². The van der Waals surface area contributed by atoms with E-state index < -0.39 is 0 Å². The van der Waals surface area contributed by atoms with Gasteiger partial charge < -0.3 is 15.2 Å². The van der Waals surface area contributed by atoms with Crippen LogP contribution in [0.2, 0.25) is 0 Å². The highest BCUT2D eigenvalue weighted by Gasteiger charge is 2.03. The molecule has 2 N–H and O–H groups in total. The van der Waals surface area contributed by atoms with Crippen LogP contribution in [0.1, 0.15) is 20.3 Å². The van der Waals surface area contributed by atoms with Crippen molar-refractivity contribution in [2.24, 2.45) is 11.7 Å². The third-order valence-corrected chi connectivity index (χ3v) is 1.29. The Labute approximate surface area is 79.4 Å². The monoisotopic (exact) mass is 189 g/mol. The van der Waals surface area contributed by atoms with Gasteiger partial charge in [-0.2, -0.15) is 0 Å². The fourth-order valence-corrected chi connectivity index (χ4v) is 0.673. The molecule has 0 rings (SSSR count). The summed E-state index contributed by atoms with van der Waals surface area (Å²) in [4.78, 5) is 11.0.